The molecule has 0 unspecified atom stereocenters. The second-order valence-electron chi connectivity index (χ2n) is 5.74. The Balaban J connectivity index is 2.01. The van der Waals surface area contributed by atoms with Crippen molar-refractivity contribution in [3.63, 3.8) is 0 Å². The standard InChI is InChI=1S/C20H22FN3O/c1-4-22-19-13(3)6-8-16-15(19)10-11-23-20(16)24-18-9-7-14(25-5-2)12-17(18)21/h6-12,22H,4-5H2,1-3H3,(H,23,24). The van der Waals surface area contributed by atoms with Crippen LogP contribution in [0.1, 0.15) is 19.4 Å². The van der Waals surface area contributed by atoms with Gasteiger partial charge in [-0.05, 0) is 44.5 Å². The summed E-state index contributed by atoms with van der Waals surface area (Å²) in [6, 6.07) is 10.8. The number of nitrogens with zero attached hydrogens (tertiary/aromatic N) is 1. The van der Waals surface area contributed by atoms with Gasteiger partial charge in [0.2, 0.25) is 0 Å². The second-order valence-corrected chi connectivity index (χ2v) is 5.74. The average Bonchev–Trinajstić information content (AvgIpc) is 2.60. The van der Waals surface area contributed by atoms with Crippen molar-refractivity contribution in [2.24, 2.45) is 0 Å². The molecule has 0 atom stereocenters. The third-order valence-electron chi connectivity index (χ3n) is 4.01. The summed E-state index contributed by atoms with van der Waals surface area (Å²) in [7, 11) is 0. The number of aromatic nitrogens is 1. The molecule has 3 aromatic rings. The van der Waals surface area contributed by atoms with Crippen molar-refractivity contribution < 1.29 is 9.13 Å². The molecular weight excluding hydrogens is 317 g/mol. The van der Waals surface area contributed by atoms with Gasteiger partial charge in [-0.25, -0.2) is 9.37 Å². The van der Waals surface area contributed by atoms with Crippen LogP contribution in [-0.2, 0) is 0 Å². The van der Waals surface area contributed by atoms with Gasteiger partial charge in [0.25, 0.3) is 0 Å². The molecule has 0 aliphatic carbocycles. The highest BCUT2D eigenvalue weighted by Crippen LogP contribution is 2.32. The third-order valence-corrected chi connectivity index (χ3v) is 4.01. The van der Waals surface area contributed by atoms with Crippen LogP contribution in [0.2, 0.25) is 0 Å². The Labute approximate surface area is 147 Å². The van der Waals surface area contributed by atoms with E-state index in [0.29, 0.717) is 23.9 Å². The van der Waals surface area contributed by atoms with E-state index in [1.54, 1.807) is 18.3 Å². The molecule has 0 fully saturated rings. The molecule has 0 saturated heterocycles. The summed E-state index contributed by atoms with van der Waals surface area (Å²) in [5.74, 6) is 0.768. The van der Waals surface area contributed by atoms with E-state index < -0.39 is 0 Å². The number of rotatable bonds is 6. The Morgan fingerprint density at radius 2 is 1.92 bits per heavy atom. The highest BCUT2D eigenvalue weighted by molar-refractivity contribution is 6.01. The van der Waals surface area contributed by atoms with Crippen molar-refractivity contribution in [1.82, 2.24) is 4.98 Å². The summed E-state index contributed by atoms with van der Waals surface area (Å²) >= 11 is 0. The van der Waals surface area contributed by atoms with Crippen molar-refractivity contribution in [3.05, 3.63) is 54.0 Å². The molecule has 0 spiro atoms. The third kappa shape index (κ3) is 3.50. The first-order chi connectivity index (χ1) is 12.1. The molecule has 130 valence electrons. The Kier molecular flexibility index (Phi) is 5.03. The van der Waals surface area contributed by atoms with Gasteiger partial charge in [-0.15, -0.1) is 0 Å². The van der Waals surface area contributed by atoms with Gasteiger partial charge >= 0.3 is 0 Å². The maximum atomic E-state index is 14.3. The van der Waals surface area contributed by atoms with Crippen molar-refractivity contribution in [1.29, 1.82) is 0 Å². The number of aryl methyl sites for hydroxylation is 1. The maximum absolute atomic E-state index is 14.3. The minimum atomic E-state index is -0.372. The molecule has 0 amide bonds. The lowest BCUT2D eigenvalue weighted by Crippen LogP contribution is -2.02. The molecule has 2 aromatic carbocycles. The molecule has 5 heteroatoms. The van der Waals surface area contributed by atoms with Crippen LogP contribution in [0.15, 0.2) is 42.6 Å². The first-order valence-corrected chi connectivity index (χ1v) is 8.45. The van der Waals surface area contributed by atoms with Gasteiger partial charge in [0.15, 0.2) is 0 Å². The zero-order chi connectivity index (χ0) is 17.8. The van der Waals surface area contributed by atoms with Gasteiger partial charge in [0.1, 0.15) is 17.4 Å². The number of ether oxygens (including phenoxy) is 1. The number of pyridine rings is 1. The smallest absolute Gasteiger partial charge is 0.150 e. The fraction of sp³-hybridized carbons (Fsp3) is 0.250. The molecule has 0 saturated carbocycles. The zero-order valence-corrected chi connectivity index (χ0v) is 14.7. The van der Waals surface area contributed by atoms with E-state index >= 15 is 0 Å². The lowest BCUT2D eigenvalue weighted by atomic mass is 10.1. The monoisotopic (exact) mass is 339 g/mol. The fourth-order valence-corrected chi connectivity index (χ4v) is 2.86. The average molecular weight is 339 g/mol. The Bertz CT molecular complexity index is 895. The van der Waals surface area contributed by atoms with Crippen LogP contribution in [-0.4, -0.2) is 18.1 Å². The summed E-state index contributed by atoms with van der Waals surface area (Å²) in [5.41, 5.74) is 2.62. The van der Waals surface area contributed by atoms with Gasteiger partial charge in [-0.2, -0.15) is 0 Å². The summed E-state index contributed by atoms with van der Waals surface area (Å²) in [5, 5.41) is 8.50. The van der Waals surface area contributed by atoms with Gasteiger partial charge in [0, 0.05) is 35.3 Å². The predicted octanol–water partition coefficient (Wildman–Crippen LogP) is 5.26. The number of halogens is 1. The van der Waals surface area contributed by atoms with E-state index in [9.17, 15) is 4.39 Å². The molecule has 4 nitrogen and oxygen atoms in total. The normalized spacial score (nSPS) is 10.7. The van der Waals surface area contributed by atoms with Gasteiger partial charge in [-0.1, -0.05) is 12.1 Å². The van der Waals surface area contributed by atoms with Crippen LogP contribution in [0.3, 0.4) is 0 Å². The van der Waals surface area contributed by atoms with Crippen LogP contribution >= 0.6 is 0 Å². The maximum Gasteiger partial charge on any atom is 0.150 e. The molecule has 3 rings (SSSR count). The first kappa shape index (κ1) is 17.0. The van der Waals surface area contributed by atoms with Crippen LogP contribution in [0.5, 0.6) is 5.75 Å². The predicted molar refractivity (Wildman–Crippen MR) is 101 cm³/mol. The summed E-state index contributed by atoms with van der Waals surface area (Å²) < 4.78 is 19.7. The highest BCUT2D eigenvalue weighted by atomic mass is 19.1. The lowest BCUT2D eigenvalue weighted by molar-refractivity contribution is 0.338. The number of benzene rings is 2. The van der Waals surface area contributed by atoms with E-state index in [2.05, 4.69) is 29.5 Å². The van der Waals surface area contributed by atoms with Crippen molar-refractivity contribution in [2.75, 3.05) is 23.8 Å². The van der Waals surface area contributed by atoms with Crippen LogP contribution in [0.4, 0.5) is 21.6 Å². The molecule has 0 aliphatic rings. The second kappa shape index (κ2) is 7.38. The molecule has 0 bridgehead atoms. The van der Waals surface area contributed by atoms with E-state index in [4.69, 9.17) is 4.74 Å². The van der Waals surface area contributed by atoms with Gasteiger partial charge in [0.05, 0.1) is 12.3 Å². The number of hydrogen-bond acceptors (Lipinski definition) is 4. The van der Waals surface area contributed by atoms with E-state index in [1.807, 2.05) is 25.1 Å². The van der Waals surface area contributed by atoms with Crippen molar-refractivity contribution in [3.8, 4) is 5.75 Å². The van der Waals surface area contributed by atoms with Crippen molar-refractivity contribution >= 4 is 28.0 Å². The molecule has 2 N–H and O–H groups in total. The lowest BCUT2D eigenvalue weighted by Gasteiger charge is -2.15. The molecule has 25 heavy (non-hydrogen) atoms. The molecule has 1 aromatic heterocycles. The summed E-state index contributed by atoms with van der Waals surface area (Å²) in [6.07, 6.45) is 1.73. The van der Waals surface area contributed by atoms with E-state index in [0.717, 1.165) is 23.0 Å². The topological polar surface area (TPSA) is 46.2 Å². The highest BCUT2D eigenvalue weighted by Gasteiger charge is 2.11. The SMILES string of the molecule is CCNc1c(C)ccc2c(Nc3ccc(OCC)cc3F)nccc12. The number of anilines is 3. The van der Waals surface area contributed by atoms with Crippen LogP contribution in [0.25, 0.3) is 10.8 Å². The summed E-state index contributed by atoms with van der Waals surface area (Å²) in [6.45, 7) is 7.33. The van der Waals surface area contributed by atoms with Crippen LogP contribution < -0.4 is 15.4 Å². The van der Waals surface area contributed by atoms with Gasteiger partial charge in [-0.3, -0.25) is 0 Å². The molecule has 0 aliphatic heterocycles. The Hall–Kier alpha value is -2.82. The fourth-order valence-electron chi connectivity index (χ4n) is 2.86. The van der Waals surface area contributed by atoms with Crippen LogP contribution in [0, 0.1) is 12.7 Å². The number of fused-ring (bicyclic) bond motifs is 1. The molecular formula is C20H22FN3O. The quantitative estimate of drug-likeness (QED) is 0.643. The number of hydrogen-bond donors (Lipinski definition) is 2. The number of nitrogens with one attached hydrogen (secondary N) is 2. The Morgan fingerprint density at radius 3 is 2.64 bits per heavy atom. The van der Waals surface area contributed by atoms with E-state index in [1.165, 1.54) is 11.6 Å². The van der Waals surface area contributed by atoms with Crippen molar-refractivity contribution in [2.45, 2.75) is 20.8 Å². The summed E-state index contributed by atoms with van der Waals surface area (Å²) in [4.78, 5) is 4.40. The molecule has 0 radical (unpaired) electrons. The minimum absolute atomic E-state index is 0.369. The molecule has 1 heterocycles. The van der Waals surface area contributed by atoms with E-state index in [-0.39, 0.29) is 5.82 Å². The Morgan fingerprint density at radius 1 is 1.08 bits per heavy atom. The van der Waals surface area contributed by atoms with Gasteiger partial charge < -0.3 is 15.4 Å². The largest absolute Gasteiger partial charge is 0.494 e. The first-order valence-electron chi connectivity index (χ1n) is 8.45. The minimum Gasteiger partial charge on any atom is -0.494 e. The zero-order valence-electron chi connectivity index (χ0n) is 14.7.